The lowest BCUT2D eigenvalue weighted by Crippen LogP contribution is -2.07. The Morgan fingerprint density at radius 3 is 2.12 bits per heavy atom. The molecular weight excluding hydrogens is 222 g/mol. The Labute approximate surface area is 103 Å². The highest BCUT2D eigenvalue weighted by molar-refractivity contribution is 6.30. The van der Waals surface area contributed by atoms with Gasteiger partial charge in [-0.05, 0) is 30.7 Å². The van der Waals surface area contributed by atoms with Crippen molar-refractivity contribution in [3.05, 3.63) is 29.3 Å². The summed E-state index contributed by atoms with van der Waals surface area (Å²) in [5.41, 5.74) is 1.17. The van der Waals surface area contributed by atoms with E-state index in [2.05, 4.69) is 6.92 Å². The number of anilines is 1. The molecule has 2 nitrogen and oxygen atoms in total. The minimum absolute atomic E-state index is 0.733. The van der Waals surface area contributed by atoms with Crippen LogP contribution in [-0.4, -0.2) is 20.4 Å². The number of benzene rings is 1. The third-order valence-corrected chi connectivity index (χ3v) is 2.27. The van der Waals surface area contributed by atoms with E-state index in [0.29, 0.717) is 0 Å². The molecule has 0 saturated carbocycles. The first-order valence-electron chi connectivity index (χ1n) is 5.48. The number of unbranched alkanes of at least 4 members (excludes halogenated alkanes) is 2. The van der Waals surface area contributed by atoms with Gasteiger partial charge in [-0.25, -0.2) is 0 Å². The molecule has 1 aromatic carbocycles. The van der Waals surface area contributed by atoms with Gasteiger partial charge in [0.25, 0.3) is 0 Å². The van der Waals surface area contributed by atoms with Crippen LogP contribution >= 0.6 is 11.6 Å². The van der Waals surface area contributed by atoms with E-state index in [0.717, 1.165) is 30.6 Å². The van der Waals surface area contributed by atoms with Crippen LogP contribution < -0.4 is 4.90 Å². The van der Waals surface area contributed by atoms with Crippen molar-refractivity contribution < 1.29 is 4.79 Å². The predicted molar refractivity (Wildman–Crippen MR) is 71.4 cm³/mol. The third kappa shape index (κ3) is 7.30. The Morgan fingerprint density at radius 2 is 1.81 bits per heavy atom. The molecule has 0 aliphatic heterocycles. The topological polar surface area (TPSA) is 20.3 Å². The maximum atomic E-state index is 9.56. The average molecular weight is 242 g/mol. The molecule has 0 atom stereocenters. The van der Waals surface area contributed by atoms with Gasteiger partial charge >= 0.3 is 0 Å². The molecule has 16 heavy (non-hydrogen) atoms. The summed E-state index contributed by atoms with van der Waals surface area (Å²) in [5.74, 6) is 0. The summed E-state index contributed by atoms with van der Waals surface area (Å²) in [6, 6.07) is 7.75. The summed E-state index contributed by atoms with van der Waals surface area (Å²) < 4.78 is 0. The molecule has 0 saturated heterocycles. The Kier molecular flexibility index (Phi) is 8.64. The zero-order valence-corrected chi connectivity index (χ0v) is 11.0. The smallest absolute Gasteiger partial charge is 0.119 e. The molecule has 0 heterocycles. The van der Waals surface area contributed by atoms with Crippen molar-refractivity contribution in [2.75, 3.05) is 19.0 Å². The van der Waals surface area contributed by atoms with Crippen LogP contribution in [0.1, 0.15) is 26.2 Å². The summed E-state index contributed by atoms with van der Waals surface area (Å²) in [5, 5.41) is 0.783. The summed E-state index contributed by atoms with van der Waals surface area (Å²) in [6.45, 7) is 2.07. The van der Waals surface area contributed by atoms with Gasteiger partial charge in [-0.2, -0.15) is 0 Å². The van der Waals surface area contributed by atoms with Gasteiger partial charge in [-0.3, -0.25) is 0 Å². The zero-order valence-electron chi connectivity index (χ0n) is 10.2. The molecule has 0 N–H and O–H groups in total. The number of nitrogens with zero attached hydrogens (tertiary/aromatic N) is 1. The quantitative estimate of drug-likeness (QED) is 0.591. The molecule has 0 unspecified atom stereocenters. The van der Waals surface area contributed by atoms with Gasteiger partial charge in [-0.15, -0.1) is 0 Å². The van der Waals surface area contributed by atoms with E-state index in [-0.39, 0.29) is 0 Å². The second-order valence-corrected chi connectivity index (χ2v) is 4.12. The van der Waals surface area contributed by atoms with Crippen LogP contribution in [0.25, 0.3) is 0 Å². The van der Waals surface area contributed by atoms with E-state index in [1.165, 1.54) is 5.69 Å². The summed E-state index contributed by atoms with van der Waals surface area (Å²) in [7, 11) is 4.01. The van der Waals surface area contributed by atoms with Crippen LogP contribution in [0, 0.1) is 0 Å². The number of rotatable bonds is 4. The highest BCUT2D eigenvalue weighted by Gasteiger charge is 1.91. The van der Waals surface area contributed by atoms with Crippen molar-refractivity contribution in [3.8, 4) is 0 Å². The van der Waals surface area contributed by atoms with Crippen LogP contribution in [-0.2, 0) is 4.79 Å². The fraction of sp³-hybridized carbons (Fsp3) is 0.462. The Balaban J connectivity index is 0.000000325. The third-order valence-electron chi connectivity index (χ3n) is 2.02. The molecule has 0 radical (unpaired) electrons. The molecule has 1 rings (SSSR count). The average Bonchev–Trinajstić information content (AvgIpc) is 2.28. The largest absolute Gasteiger partial charge is 0.378 e. The van der Waals surface area contributed by atoms with Crippen molar-refractivity contribution in [2.24, 2.45) is 0 Å². The fourth-order valence-electron chi connectivity index (χ4n) is 1.03. The number of aldehydes is 1. The number of hydrogen-bond acceptors (Lipinski definition) is 2. The van der Waals surface area contributed by atoms with E-state index in [1.54, 1.807) is 0 Å². The zero-order chi connectivity index (χ0) is 12.4. The number of carbonyl (C=O) groups excluding carboxylic acids is 1. The van der Waals surface area contributed by atoms with E-state index in [1.807, 2.05) is 43.3 Å². The number of hydrogen-bond donors (Lipinski definition) is 0. The SMILES string of the molecule is CCCCC=O.CN(C)c1ccc(Cl)cc1. The lowest BCUT2D eigenvalue weighted by molar-refractivity contribution is -0.107. The minimum atomic E-state index is 0.733. The first-order chi connectivity index (χ1) is 7.61. The van der Waals surface area contributed by atoms with Crippen LogP contribution in [0.2, 0.25) is 5.02 Å². The summed E-state index contributed by atoms with van der Waals surface area (Å²) in [6.07, 6.45) is 3.86. The molecule has 0 aliphatic rings. The van der Waals surface area contributed by atoms with Gasteiger partial charge in [0.2, 0.25) is 0 Å². The Bertz CT molecular complexity index is 282. The van der Waals surface area contributed by atoms with Crippen molar-refractivity contribution in [3.63, 3.8) is 0 Å². The standard InChI is InChI=1S/C8H10ClN.C5H10O/c1-10(2)8-5-3-7(9)4-6-8;1-2-3-4-5-6/h3-6H,1-2H3;5H,2-4H2,1H3. The summed E-state index contributed by atoms with van der Waals surface area (Å²) >= 11 is 5.70. The second kappa shape index (κ2) is 9.22. The van der Waals surface area contributed by atoms with Gasteiger partial charge in [0.1, 0.15) is 6.29 Å². The summed E-state index contributed by atoms with van der Waals surface area (Å²) in [4.78, 5) is 11.6. The maximum absolute atomic E-state index is 9.56. The lowest BCUT2D eigenvalue weighted by Gasteiger charge is -2.11. The second-order valence-electron chi connectivity index (χ2n) is 3.68. The number of carbonyl (C=O) groups is 1. The Morgan fingerprint density at radius 1 is 1.25 bits per heavy atom. The first kappa shape index (κ1) is 15.0. The van der Waals surface area contributed by atoms with Crippen LogP contribution in [0.5, 0.6) is 0 Å². The molecule has 0 spiro atoms. The lowest BCUT2D eigenvalue weighted by atomic mass is 10.3. The maximum Gasteiger partial charge on any atom is 0.119 e. The molecule has 1 aromatic rings. The van der Waals surface area contributed by atoms with E-state index in [4.69, 9.17) is 11.6 Å². The molecule has 0 amide bonds. The Hall–Kier alpha value is -1.02. The van der Waals surface area contributed by atoms with Crippen molar-refractivity contribution in [2.45, 2.75) is 26.2 Å². The highest BCUT2D eigenvalue weighted by atomic mass is 35.5. The normalized spacial score (nSPS) is 9.00. The van der Waals surface area contributed by atoms with Crippen LogP contribution in [0.15, 0.2) is 24.3 Å². The molecular formula is C13H20ClNO. The predicted octanol–water partition coefficient (Wildman–Crippen LogP) is 3.78. The highest BCUT2D eigenvalue weighted by Crippen LogP contribution is 2.14. The molecule has 0 bridgehead atoms. The van der Waals surface area contributed by atoms with Gasteiger partial charge in [-0.1, -0.05) is 24.9 Å². The molecule has 0 fully saturated rings. The van der Waals surface area contributed by atoms with Crippen LogP contribution in [0.4, 0.5) is 5.69 Å². The van der Waals surface area contributed by atoms with Crippen molar-refractivity contribution in [1.82, 2.24) is 0 Å². The van der Waals surface area contributed by atoms with Gasteiger partial charge in [0, 0.05) is 31.2 Å². The van der Waals surface area contributed by atoms with Gasteiger partial charge < -0.3 is 9.69 Å². The van der Waals surface area contributed by atoms with Crippen molar-refractivity contribution in [1.29, 1.82) is 0 Å². The van der Waals surface area contributed by atoms with Gasteiger partial charge in [0.15, 0.2) is 0 Å². The monoisotopic (exact) mass is 241 g/mol. The minimum Gasteiger partial charge on any atom is -0.378 e. The number of halogens is 1. The van der Waals surface area contributed by atoms with Crippen LogP contribution in [0.3, 0.4) is 0 Å². The van der Waals surface area contributed by atoms with Gasteiger partial charge in [0.05, 0.1) is 0 Å². The molecule has 0 aromatic heterocycles. The molecule has 3 heteroatoms. The fourth-order valence-corrected chi connectivity index (χ4v) is 1.15. The van der Waals surface area contributed by atoms with E-state index >= 15 is 0 Å². The van der Waals surface area contributed by atoms with Crippen molar-refractivity contribution >= 4 is 23.6 Å². The molecule has 0 aliphatic carbocycles. The molecule has 90 valence electrons. The first-order valence-corrected chi connectivity index (χ1v) is 5.86. The van der Waals surface area contributed by atoms with E-state index in [9.17, 15) is 4.79 Å². The van der Waals surface area contributed by atoms with E-state index < -0.39 is 0 Å².